The van der Waals surface area contributed by atoms with Gasteiger partial charge < -0.3 is 15.7 Å². The summed E-state index contributed by atoms with van der Waals surface area (Å²) in [6.07, 6.45) is -0.0244. The number of carboxylic acids is 1. The zero-order valence-electron chi connectivity index (χ0n) is 8.31. The van der Waals surface area contributed by atoms with E-state index >= 15 is 0 Å². The molecule has 0 saturated heterocycles. The summed E-state index contributed by atoms with van der Waals surface area (Å²) in [5.74, 6) is -0.875. The Morgan fingerprint density at radius 3 is 2.87 bits per heavy atom. The average Bonchev–Trinajstić information content (AvgIpc) is 2.49. The van der Waals surface area contributed by atoms with E-state index in [4.69, 9.17) is 22.4 Å². The highest BCUT2D eigenvalue weighted by Crippen LogP contribution is 2.28. The Balaban J connectivity index is 2.48. The van der Waals surface area contributed by atoms with Gasteiger partial charge in [0.2, 0.25) is 0 Å². The first-order valence-electron chi connectivity index (χ1n) is 4.43. The molecule has 0 spiro atoms. The quantitative estimate of drug-likeness (QED) is 0.831. The zero-order valence-corrected chi connectivity index (χ0v) is 9.88. The van der Waals surface area contributed by atoms with E-state index < -0.39 is 5.97 Å². The van der Waals surface area contributed by atoms with Crippen LogP contribution < -0.4 is 10.6 Å². The van der Waals surface area contributed by atoms with Crippen molar-refractivity contribution in [2.75, 3.05) is 18.5 Å². The molecule has 4 nitrogen and oxygen atoms in total. The van der Waals surface area contributed by atoms with Crippen LogP contribution in [0.3, 0.4) is 0 Å². The summed E-state index contributed by atoms with van der Waals surface area (Å²) in [4.78, 5) is 12.3. The number of nitrogens with zero attached hydrogens (tertiary/aromatic N) is 1. The second-order valence-corrected chi connectivity index (χ2v) is 5.01. The number of carboxylic acid groups (broad SMARTS) is 1. The Bertz CT molecular complexity index is 343. The lowest BCUT2D eigenvalue weighted by atomic mass is 10.2. The van der Waals surface area contributed by atoms with Crippen molar-refractivity contribution in [2.24, 2.45) is 5.73 Å². The van der Waals surface area contributed by atoms with Gasteiger partial charge in [-0.15, -0.1) is 11.3 Å². The third-order valence-corrected chi connectivity index (χ3v) is 3.23. The molecule has 15 heavy (non-hydrogen) atoms. The molecule has 1 heterocycles. The Labute approximate surface area is 97.3 Å². The Morgan fingerprint density at radius 1 is 1.73 bits per heavy atom. The lowest BCUT2D eigenvalue weighted by Gasteiger charge is -2.20. The van der Waals surface area contributed by atoms with Crippen molar-refractivity contribution in [2.45, 2.75) is 12.5 Å². The molecular weight excluding hydrogens is 236 g/mol. The van der Waals surface area contributed by atoms with Gasteiger partial charge in [0.25, 0.3) is 0 Å². The molecule has 1 aromatic rings. The fourth-order valence-electron chi connectivity index (χ4n) is 1.24. The van der Waals surface area contributed by atoms with E-state index in [0.717, 1.165) is 5.00 Å². The van der Waals surface area contributed by atoms with Crippen LogP contribution in [0.4, 0.5) is 5.00 Å². The summed E-state index contributed by atoms with van der Waals surface area (Å²) in [6, 6.07) is 3.33. The van der Waals surface area contributed by atoms with Gasteiger partial charge in [-0.2, -0.15) is 0 Å². The lowest BCUT2D eigenvalue weighted by molar-refractivity contribution is -0.137. The van der Waals surface area contributed by atoms with Crippen LogP contribution in [0.1, 0.15) is 6.42 Å². The van der Waals surface area contributed by atoms with Gasteiger partial charge in [0.1, 0.15) is 0 Å². The first kappa shape index (κ1) is 12.3. The molecule has 0 aliphatic carbocycles. The van der Waals surface area contributed by atoms with Crippen LogP contribution in [-0.4, -0.2) is 30.7 Å². The molecule has 1 unspecified atom stereocenters. The number of nitrogens with two attached hydrogens (primary N) is 1. The van der Waals surface area contributed by atoms with Crippen molar-refractivity contribution in [3.05, 3.63) is 16.5 Å². The van der Waals surface area contributed by atoms with Crippen molar-refractivity contribution in [1.29, 1.82) is 0 Å². The molecule has 0 amide bonds. The normalized spacial score (nSPS) is 12.5. The van der Waals surface area contributed by atoms with Gasteiger partial charge in [-0.1, -0.05) is 11.6 Å². The minimum Gasteiger partial charge on any atom is -0.481 e. The second-order valence-electron chi connectivity index (χ2n) is 3.32. The fourth-order valence-corrected chi connectivity index (χ4v) is 2.24. The third kappa shape index (κ3) is 4.07. The predicted molar refractivity (Wildman–Crippen MR) is 62.8 cm³/mol. The van der Waals surface area contributed by atoms with E-state index in [9.17, 15) is 4.79 Å². The molecule has 0 aromatic carbocycles. The summed E-state index contributed by atoms with van der Waals surface area (Å²) in [5, 5.41) is 9.54. The Morgan fingerprint density at radius 2 is 2.40 bits per heavy atom. The van der Waals surface area contributed by atoms with Gasteiger partial charge in [0, 0.05) is 19.6 Å². The van der Waals surface area contributed by atoms with Crippen molar-refractivity contribution in [1.82, 2.24) is 0 Å². The number of anilines is 1. The fraction of sp³-hybridized carbons (Fsp3) is 0.444. The van der Waals surface area contributed by atoms with E-state index in [1.807, 2.05) is 18.0 Å². The number of hydrogen-bond acceptors (Lipinski definition) is 4. The molecule has 6 heteroatoms. The smallest absolute Gasteiger partial charge is 0.304 e. The maximum atomic E-state index is 10.4. The minimum absolute atomic E-state index is 0.0244. The van der Waals surface area contributed by atoms with E-state index in [-0.39, 0.29) is 12.5 Å². The summed E-state index contributed by atoms with van der Waals surface area (Å²) < 4.78 is 0.712. The van der Waals surface area contributed by atoms with E-state index in [2.05, 4.69) is 0 Å². The van der Waals surface area contributed by atoms with Crippen LogP contribution in [0.25, 0.3) is 0 Å². The summed E-state index contributed by atoms with van der Waals surface area (Å²) in [5.41, 5.74) is 5.67. The van der Waals surface area contributed by atoms with Gasteiger partial charge in [0.05, 0.1) is 15.8 Å². The van der Waals surface area contributed by atoms with Gasteiger partial charge in [-0.25, -0.2) is 0 Å². The number of hydrogen-bond donors (Lipinski definition) is 2. The third-order valence-electron chi connectivity index (χ3n) is 1.88. The summed E-state index contributed by atoms with van der Waals surface area (Å²) >= 11 is 7.24. The Hall–Kier alpha value is -0.780. The molecule has 0 aliphatic rings. The molecular formula is C9H13ClN2O2S. The van der Waals surface area contributed by atoms with E-state index in [1.54, 1.807) is 6.07 Å². The molecule has 1 rings (SSSR count). The molecule has 1 aromatic heterocycles. The molecule has 0 bridgehead atoms. The van der Waals surface area contributed by atoms with E-state index in [1.165, 1.54) is 11.3 Å². The maximum absolute atomic E-state index is 10.4. The molecule has 0 aliphatic heterocycles. The van der Waals surface area contributed by atoms with Gasteiger partial charge in [-0.3, -0.25) is 4.79 Å². The molecule has 0 saturated carbocycles. The molecule has 1 atom stereocenters. The van der Waals surface area contributed by atoms with Crippen molar-refractivity contribution in [3.63, 3.8) is 0 Å². The van der Waals surface area contributed by atoms with Crippen LogP contribution in [0.15, 0.2) is 12.1 Å². The highest BCUT2D eigenvalue weighted by Gasteiger charge is 2.12. The first-order valence-corrected chi connectivity index (χ1v) is 5.62. The van der Waals surface area contributed by atoms with Gasteiger partial charge in [0.15, 0.2) is 0 Å². The predicted octanol–water partition coefficient (Wildman–Crippen LogP) is 1.64. The first-order chi connectivity index (χ1) is 6.99. The number of likely N-dealkylation sites (N-methyl/N-ethyl adjacent to an activating group) is 1. The molecule has 84 valence electrons. The standard InChI is InChI=1S/C9H13ClN2O2S/c1-12(5-6(11)4-9(13)14)8-3-2-7(10)15-8/h2-3,6H,4-5,11H2,1H3,(H,13,14). The van der Waals surface area contributed by atoms with Crippen LogP contribution in [0, 0.1) is 0 Å². The van der Waals surface area contributed by atoms with Crippen LogP contribution in [0.2, 0.25) is 4.34 Å². The number of rotatable bonds is 5. The van der Waals surface area contributed by atoms with Crippen molar-refractivity contribution in [3.8, 4) is 0 Å². The van der Waals surface area contributed by atoms with E-state index in [0.29, 0.717) is 10.9 Å². The molecule has 0 radical (unpaired) electrons. The van der Waals surface area contributed by atoms with Crippen LogP contribution in [-0.2, 0) is 4.79 Å². The highest BCUT2D eigenvalue weighted by molar-refractivity contribution is 7.19. The average molecular weight is 249 g/mol. The SMILES string of the molecule is CN(CC(N)CC(=O)O)c1ccc(Cl)s1. The number of thiophene rings is 1. The largest absolute Gasteiger partial charge is 0.481 e. The lowest BCUT2D eigenvalue weighted by Crippen LogP contribution is -2.36. The topological polar surface area (TPSA) is 66.6 Å². The maximum Gasteiger partial charge on any atom is 0.304 e. The molecule has 0 fully saturated rings. The highest BCUT2D eigenvalue weighted by atomic mass is 35.5. The zero-order chi connectivity index (χ0) is 11.4. The van der Waals surface area contributed by atoms with Crippen LogP contribution in [0.5, 0.6) is 0 Å². The molecule has 3 N–H and O–H groups in total. The minimum atomic E-state index is -0.875. The number of carbonyl (C=O) groups is 1. The number of aliphatic carboxylic acids is 1. The van der Waals surface area contributed by atoms with Crippen molar-refractivity contribution < 1.29 is 9.90 Å². The number of halogens is 1. The Kier molecular flexibility index (Phi) is 4.38. The second kappa shape index (κ2) is 5.34. The summed E-state index contributed by atoms with van der Waals surface area (Å²) in [6.45, 7) is 0.503. The van der Waals surface area contributed by atoms with Crippen molar-refractivity contribution >= 4 is 33.9 Å². The van der Waals surface area contributed by atoms with Crippen LogP contribution >= 0.6 is 22.9 Å². The van der Waals surface area contributed by atoms with Gasteiger partial charge >= 0.3 is 5.97 Å². The monoisotopic (exact) mass is 248 g/mol. The summed E-state index contributed by atoms with van der Waals surface area (Å²) in [7, 11) is 1.86. The van der Waals surface area contributed by atoms with Gasteiger partial charge in [-0.05, 0) is 12.1 Å².